The Morgan fingerprint density at radius 1 is 1.44 bits per heavy atom. The standard InChI is InChI=1S/C12H13Cl2NO3/c13-8-1-2-10(14)7(3-8)5-15-6-9(16)4-11(15)12(17)18/h1-3,9,11,16H,4-6H2,(H,17,18). The van der Waals surface area contributed by atoms with Crippen LogP contribution >= 0.6 is 23.2 Å². The second-order valence-corrected chi connectivity index (χ2v) is 5.25. The van der Waals surface area contributed by atoms with Gasteiger partial charge in [-0.25, -0.2) is 0 Å². The van der Waals surface area contributed by atoms with Crippen molar-refractivity contribution < 1.29 is 15.0 Å². The smallest absolute Gasteiger partial charge is 0.321 e. The predicted molar refractivity (Wildman–Crippen MR) is 68.9 cm³/mol. The van der Waals surface area contributed by atoms with E-state index in [4.69, 9.17) is 28.3 Å². The normalized spacial score (nSPS) is 24.4. The highest BCUT2D eigenvalue weighted by molar-refractivity contribution is 6.33. The zero-order valence-corrected chi connectivity index (χ0v) is 11.0. The summed E-state index contributed by atoms with van der Waals surface area (Å²) in [6.07, 6.45) is -0.364. The van der Waals surface area contributed by atoms with Crippen molar-refractivity contribution in [1.82, 2.24) is 4.90 Å². The molecule has 0 aromatic heterocycles. The van der Waals surface area contributed by atoms with Crippen molar-refractivity contribution in [3.8, 4) is 0 Å². The first-order valence-corrected chi connectivity index (χ1v) is 6.32. The lowest BCUT2D eigenvalue weighted by atomic mass is 10.1. The minimum atomic E-state index is -0.926. The molecule has 0 aliphatic carbocycles. The molecule has 1 fully saturated rings. The van der Waals surface area contributed by atoms with Crippen LogP contribution in [0.25, 0.3) is 0 Å². The van der Waals surface area contributed by atoms with Crippen molar-refractivity contribution in [2.75, 3.05) is 6.54 Å². The number of aliphatic carboxylic acids is 1. The summed E-state index contributed by atoms with van der Waals surface area (Å²) >= 11 is 11.9. The molecule has 98 valence electrons. The minimum Gasteiger partial charge on any atom is -0.480 e. The van der Waals surface area contributed by atoms with Gasteiger partial charge in [0.05, 0.1) is 6.10 Å². The van der Waals surface area contributed by atoms with E-state index in [0.717, 1.165) is 5.56 Å². The van der Waals surface area contributed by atoms with Gasteiger partial charge in [-0.3, -0.25) is 9.69 Å². The summed E-state index contributed by atoms with van der Waals surface area (Å²) in [6.45, 7) is 0.702. The van der Waals surface area contributed by atoms with Gasteiger partial charge in [0.1, 0.15) is 6.04 Å². The molecule has 1 aromatic rings. The molecule has 1 aliphatic rings. The summed E-state index contributed by atoms with van der Waals surface area (Å²) in [7, 11) is 0. The third-order valence-electron chi connectivity index (χ3n) is 3.05. The largest absolute Gasteiger partial charge is 0.480 e. The molecule has 6 heteroatoms. The molecular weight excluding hydrogens is 277 g/mol. The number of β-amino-alcohol motifs (C(OH)–C–C–N with tert-alkyl or cyclic N) is 1. The van der Waals surface area contributed by atoms with E-state index in [0.29, 0.717) is 23.1 Å². The minimum absolute atomic E-state index is 0.244. The fourth-order valence-corrected chi connectivity index (χ4v) is 2.57. The van der Waals surface area contributed by atoms with E-state index in [9.17, 15) is 9.90 Å². The highest BCUT2D eigenvalue weighted by Gasteiger charge is 2.35. The molecule has 1 saturated heterocycles. The maximum Gasteiger partial charge on any atom is 0.321 e. The van der Waals surface area contributed by atoms with Crippen LogP contribution in [0.5, 0.6) is 0 Å². The van der Waals surface area contributed by atoms with Gasteiger partial charge < -0.3 is 10.2 Å². The molecular formula is C12H13Cl2NO3. The Morgan fingerprint density at radius 3 is 2.83 bits per heavy atom. The first-order valence-electron chi connectivity index (χ1n) is 5.56. The third kappa shape index (κ3) is 2.95. The zero-order chi connectivity index (χ0) is 13.3. The molecule has 0 spiro atoms. The fraction of sp³-hybridized carbons (Fsp3) is 0.417. The summed E-state index contributed by atoms with van der Waals surface area (Å²) in [5, 5.41) is 19.8. The predicted octanol–water partition coefficient (Wildman–Crippen LogP) is 2.01. The average molecular weight is 290 g/mol. The van der Waals surface area contributed by atoms with Crippen molar-refractivity contribution in [2.45, 2.75) is 25.1 Å². The van der Waals surface area contributed by atoms with Gasteiger partial charge in [0.2, 0.25) is 0 Å². The van der Waals surface area contributed by atoms with Gasteiger partial charge in [0.25, 0.3) is 0 Å². The number of hydrogen-bond acceptors (Lipinski definition) is 3. The number of benzene rings is 1. The number of aliphatic hydroxyl groups excluding tert-OH is 1. The molecule has 1 aliphatic heterocycles. The summed E-state index contributed by atoms with van der Waals surface area (Å²) in [4.78, 5) is 12.8. The number of likely N-dealkylation sites (tertiary alicyclic amines) is 1. The van der Waals surface area contributed by atoms with Crippen LogP contribution in [-0.2, 0) is 11.3 Å². The maximum atomic E-state index is 11.1. The molecule has 2 unspecified atom stereocenters. The van der Waals surface area contributed by atoms with Gasteiger partial charge in [-0.05, 0) is 23.8 Å². The molecule has 0 saturated carbocycles. The zero-order valence-electron chi connectivity index (χ0n) is 9.51. The van der Waals surface area contributed by atoms with Gasteiger partial charge in [-0.1, -0.05) is 23.2 Å². The monoisotopic (exact) mass is 289 g/mol. The number of nitrogens with zero attached hydrogens (tertiary/aromatic N) is 1. The number of carboxylic acid groups (broad SMARTS) is 1. The number of aliphatic hydroxyl groups is 1. The highest BCUT2D eigenvalue weighted by Crippen LogP contribution is 2.26. The quantitative estimate of drug-likeness (QED) is 0.894. The molecule has 4 nitrogen and oxygen atoms in total. The number of rotatable bonds is 3. The van der Waals surface area contributed by atoms with Crippen LogP contribution in [0.2, 0.25) is 10.0 Å². The number of carbonyl (C=O) groups is 1. The SMILES string of the molecule is O=C(O)C1CC(O)CN1Cc1cc(Cl)ccc1Cl. The van der Waals surface area contributed by atoms with Crippen LogP contribution in [0.1, 0.15) is 12.0 Å². The Labute approximate surface area is 115 Å². The average Bonchev–Trinajstić information content (AvgIpc) is 2.65. The van der Waals surface area contributed by atoms with Crippen molar-refractivity contribution in [1.29, 1.82) is 0 Å². The van der Waals surface area contributed by atoms with E-state index in [1.54, 1.807) is 23.1 Å². The number of carboxylic acids is 1. The molecule has 0 bridgehead atoms. The highest BCUT2D eigenvalue weighted by atomic mass is 35.5. The Kier molecular flexibility index (Phi) is 4.12. The maximum absolute atomic E-state index is 11.1. The van der Waals surface area contributed by atoms with Crippen LogP contribution in [0, 0.1) is 0 Å². The lowest BCUT2D eigenvalue weighted by molar-refractivity contribution is -0.142. The van der Waals surface area contributed by atoms with Gasteiger partial charge in [-0.2, -0.15) is 0 Å². The van der Waals surface area contributed by atoms with Crippen LogP contribution < -0.4 is 0 Å². The molecule has 0 amide bonds. The Morgan fingerprint density at radius 2 is 2.17 bits per heavy atom. The lowest BCUT2D eigenvalue weighted by Crippen LogP contribution is -2.35. The van der Waals surface area contributed by atoms with Crippen LogP contribution in [-0.4, -0.2) is 39.8 Å². The molecule has 2 atom stereocenters. The van der Waals surface area contributed by atoms with Gasteiger partial charge >= 0.3 is 5.97 Å². The lowest BCUT2D eigenvalue weighted by Gasteiger charge is -2.21. The second kappa shape index (κ2) is 5.45. The first kappa shape index (κ1) is 13.6. The Bertz CT molecular complexity index is 467. The Hall–Kier alpha value is -0.810. The van der Waals surface area contributed by atoms with E-state index in [1.807, 2.05) is 0 Å². The molecule has 0 radical (unpaired) electrons. The Balaban J connectivity index is 2.17. The van der Waals surface area contributed by atoms with E-state index in [-0.39, 0.29) is 6.42 Å². The first-order chi connectivity index (χ1) is 8.47. The van der Waals surface area contributed by atoms with Crippen molar-refractivity contribution >= 4 is 29.2 Å². The topological polar surface area (TPSA) is 60.8 Å². The van der Waals surface area contributed by atoms with E-state index in [2.05, 4.69) is 0 Å². The van der Waals surface area contributed by atoms with Crippen LogP contribution in [0.15, 0.2) is 18.2 Å². The second-order valence-electron chi connectivity index (χ2n) is 4.41. The molecule has 18 heavy (non-hydrogen) atoms. The summed E-state index contributed by atoms with van der Waals surface area (Å²) < 4.78 is 0. The van der Waals surface area contributed by atoms with Crippen LogP contribution in [0.3, 0.4) is 0 Å². The van der Waals surface area contributed by atoms with E-state index in [1.165, 1.54) is 0 Å². The number of hydrogen-bond donors (Lipinski definition) is 2. The van der Waals surface area contributed by atoms with Gasteiger partial charge in [0.15, 0.2) is 0 Å². The molecule has 1 aromatic carbocycles. The van der Waals surface area contributed by atoms with Crippen molar-refractivity contribution in [3.63, 3.8) is 0 Å². The summed E-state index contributed by atoms with van der Waals surface area (Å²) in [6, 6.07) is 4.41. The summed E-state index contributed by atoms with van der Waals surface area (Å²) in [5.41, 5.74) is 0.768. The van der Waals surface area contributed by atoms with Gasteiger partial charge in [0, 0.05) is 29.6 Å². The third-order valence-corrected chi connectivity index (χ3v) is 3.65. The van der Waals surface area contributed by atoms with Crippen molar-refractivity contribution in [3.05, 3.63) is 33.8 Å². The van der Waals surface area contributed by atoms with E-state index < -0.39 is 18.1 Å². The van der Waals surface area contributed by atoms with Crippen LogP contribution in [0.4, 0.5) is 0 Å². The molecule has 1 heterocycles. The fourth-order valence-electron chi connectivity index (χ4n) is 2.19. The van der Waals surface area contributed by atoms with E-state index >= 15 is 0 Å². The van der Waals surface area contributed by atoms with Gasteiger partial charge in [-0.15, -0.1) is 0 Å². The number of halogens is 2. The summed E-state index contributed by atoms with van der Waals surface area (Å²) in [5.74, 6) is -0.926. The molecule has 2 rings (SSSR count). The molecule has 2 N–H and O–H groups in total. The van der Waals surface area contributed by atoms with Crippen molar-refractivity contribution in [2.24, 2.45) is 0 Å².